The molecule has 1 amide bonds. The van der Waals surface area contributed by atoms with Gasteiger partial charge in [-0.15, -0.1) is 12.4 Å². The first-order chi connectivity index (χ1) is 10.1. The highest BCUT2D eigenvalue weighted by Gasteiger charge is 2.27. The second-order valence-corrected chi connectivity index (χ2v) is 6.18. The third-order valence-electron chi connectivity index (χ3n) is 3.62. The number of nitrogens with two attached hydrogens (primary N) is 1. The summed E-state index contributed by atoms with van der Waals surface area (Å²) in [5.41, 5.74) is 5.81. The van der Waals surface area contributed by atoms with E-state index < -0.39 is 0 Å². The third kappa shape index (κ3) is 5.84. The van der Waals surface area contributed by atoms with Gasteiger partial charge in [0.05, 0.1) is 11.6 Å². The number of ether oxygens (including phenoxy) is 1. The molecule has 22 heavy (non-hydrogen) atoms. The van der Waals surface area contributed by atoms with Gasteiger partial charge in [-0.05, 0) is 43.9 Å². The summed E-state index contributed by atoms with van der Waals surface area (Å²) in [6.45, 7) is 1.08. The molecule has 0 radical (unpaired) electrons. The van der Waals surface area contributed by atoms with E-state index in [2.05, 4.69) is 5.32 Å². The fourth-order valence-electron chi connectivity index (χ4n) is 2.46. The van der Waals surface area contributed by atoms with Crippen LogP contribution in [0.3, 0.4) is 0 Å². The Labute approximate surface area is 147 Å². The van der Waals surface area contributed by atoms with Gasteiger partial charge in [-0.1, -0.05) is 23.2 Å². The van der Waals surface area contributed by atoms with Crippen molar-refractivity contribution < 1.29 is 9.53 Å². The predicted molar refractivity (Wildman–Crippen MR) is 92.1 cm³/mol. The molecule has 0 aliphatic heterocycles. The van der Waals surface area contributed by atoms with E-state index in [1.807, 2.05) is 0 Å². The highest BCUT2D eigenvalue weighted by atomic mass is 35.5. The lowest BCUT2D eigenvalue weighted by molar-refractivity contribution is -0.124. The van der Waals surface area contributed by atoms with Gasteiger partial charge in [-0.3, -0.25) is 4.79 Å². The number of hydrogen-bond acceptors (Lipinski definition) is 3. The zero-order valence-corrected chi connectivity index (χ0v) is 14.5. The molecular weight excluding hydrogens is 347 g/mol. The van der Waals surface area contributed by atoms with E-state index in [-0.39, 0.29) is 30.3 Å². The van der Waals surface area contributed by atoms with E-state index in [0.717, 1.165) is 25.7 Å². The fourth-order valence-corrected chi connectivity index (χ4v) is 2.92. The number of nitrogens with one attached hydrogen (secondary N) is 1. The molecule has 124 valence electrons. The number of halogens is 3. The Kier molecular flexibility index (Phi) is 8.33. The Hall–Kier alpha value is -0.680. The molecule has 3 N–H and O–H groups in total. The summed E-state index contributed by atoms with van der Waals surface area (Å²) < 4.78 is 5.55. The molecule has 0 aromatic heterocycles. The molecule has 0 bridgehead atoms. The minimum Gasteiger partial charge on any atom is -0.492 e. The van der Waals surface area contributed by atoms with Crippen LogP contribution in [-0.4, -0.2) is 25.1 Å². The van der Waals surface area contributed by atoms with Crippen molar-refractivity contribution in [3.8, 4) is 5.75 Å². The first-order valence-corrected chi connectivity index (χ1v) is 7.93. The van der Waals surface area contributed by atoms with Gasteiger partial charge in [0.2, 0.25) is 5.91 Å². The SMILES string of the molecule is Cl.NC1CCC(C(=O)NCCCOc2ccc(Cl)cc2Cl)C1. The van der Waals surface area contributed by atoms with E-state index >= 15 is 0 Å². The third-order valence-corrected chi connectivity index (χ3v) is 4.15. The van der Waals surface area contributed by atoms with Crippen LogP contribution in [0.5, 0.6) is 5.75 Å². The van der Waals surface area contributed by atoms with Gasteiger partial charge in [0.1, 0.15) is 5.75 Å². The van der Waals surface area contributed by atoms with Crippen molar-refractivity contribution in [1.82, 2.24) is 5.32 Å². The maximum atomic E-state index is 11.9. The second-order valence-electron chi connectivity index (χ2n) is 5.34. The quantitative estimate of drug-likeness (QED) is 0.757. The fraction of sp³-hybridized carbons (Fsp3) is 0.533. The maximum Gasteiger partial charge on any atom is 0.223 e. The summed E-state index contributed by atoms with van der Waals surface area (Å²) >= 11 is 11.8. The molecule has 0 spiro atoms. The normalized spacial score (nSPS) is 20.3. The van der Waals surface area contributed by atoms with E-state index in [9.17, 15) is 4.79 Å². The molecule has 4 nitrogen and oxygen atoms in total. The zero-order valence-electron chi connectivity index (χ0n) is 12.2. The van der Waals surface area contributed by atoms with Crippen LogP contribution in [-0.2, 0) is 4.79 Å². The number of carbonyl (C=O) groups excluding carboxylic acids is 1. The van der Waals surface area contributed by atoms with E-state index in [4.69, 9.17) is 33.7 Å². The van der Waals surface area contributed by atoms with Crippen LogP contribution in [0.25, 0.3) is 0 Å². The summed E-state index contributed by atoms with van der Waals surface area (Å²) in [6.07, 6.45) is 3.35. The Morgan fingerprint density at radius 3 is 2.77 bits per heavy atom. The lowest BCUT2D eigenvalue weighted by Crippen LogP contribution is -2.31. The summed E-state index contributed by atoms with van der Waals surface area (Å²) in [7, 11) is 0. The zero-order chi connectivity index (χ0) is 15.2. The number of amides is 1. The first kappa shape index (κ1) is 19.4. The van der Waals surface area contributed by atoms with Crippen LogP contribution in [0, 0.1) is 5.92 Å². The number of rotatable bonds is 6. The minimum absolute atomic E-state index is 0. The van der Waals surface area contributed by atoms with Crippen molar-refractivity contribution in [2.75, 3.05) is 13.2 Å². The molecule has 1 fully saturated rings. The van der Waals surface area contributed by atoms with Gasteiger partial charge >= 0.3 is 0 Å². The average Bonchev–Trinajstić information content (AvgIpc) is 2.87. The lowest BCUT2D eigenvalue weighted by Gasteiger charge is -2.11. The molecule has 2 atom stereocenters. The van der Waals surface area contributed by atoms with Crippen molar-refractivity contribution in [1.29, 1.82) is 0 Å². The van der Waals surface area contributed by atoms with Crippen LogP contribution in [0.2, 0.25) is 10.0 Å². The van der Waals surface area contributed by atoms with Gasteiger partial charge in [0.25, 0.3) is 0 Å². The van der Waals surface area contributed by atoms with Crippen molar-refractivity contribution in [2.24, 2.45) is 11.7 Å². The van der Waals surface area contributed by atoms with Crippen LogP contribution in [0.15, 0.2) is 18.2 Å². The molecule has 2 rings (SSSR count). The van der Waals surface area contributed by atoms with Crippen LogP contribution >= 0.6 is 35.6 Å². The molecule has 0 heterocycles. The Balaban J connectivity index is 0.00000242. The lowest BCUT2D eigenvalue weighted by atomic mass is 10.1. The smallest absolute Gasteiger partial charge is 0.223 e. The summed E-state index contributed by atoms with van der Waals surface area (Å²) in [5, 5.41) is 4.00. The average molecular weight is 368 g/mol. The minimum atomic E-state index is 0. The van der Waals surface area contributed by atoms with Crippen molar-refractivity contribution in [3.05, 3.63) is 28.2 Å². The Bertz CT molecular complexity index is 500. The number of benzene rings is 1. The van der Waals surface area contributed by atoms with Gasteiger partial charge in [0.15, 0.2) is 0 Å². The molecule has 2 unspecified atom stereocenters. The van der Waals surface area contributed by atoms with Crippen LogP contribution in [0.4, 0.5) is 0 Å². The molecule has 1 saturated carbocycles. The maximum absolute atomic E-state index is 11.9. The van der Waals surface area contributed by atoms with Crippen LogP contribution in [0.1, 0.15) is 25.7 Å². The van der Waals surface area contributed by atoms with Gasteiger partial charge in [-0.2, -0.15) is 0 Å². The highest BCUT2D eigenvalue weighted by molar-refractivity contribution is 6.35. The predicted octanol–water partition coefficient (Wildman–Crippen LogP) is 3.43. The molecule has 1 aromatic carbocycles. The molecule has 1 aliphatic rings. The first-order valence-electron chi connectivity index (χ1n) is 7.17. The van der Waals surface area contributed by atoms with Gasteiger partial charge in [0, 0.05) is 23.5 Å². The topological polar surface area (TPSA) is 64.4 Å². The standard InChI is InChI=1S/C15H20Cl2N2O2.ClH/c16-11-3-5-14(13(17)9-11)21-7-1-6-19-15(20)10-2-4-12(18)8-10;/h3,5,9-10,12H,1-2,4,6-8,18H2,(H,19,20);1H. The molecule has 1 aliphatic carbocycles. The second kappa shape index (κ2) is 9.46. The summed E-state index contributed by atoms with van der Waals surface area (Å²) in [5.74, 6) is 0.785. The van der Waals surface area contributed by atoms with E-state index in [0.29, 0.717) is 28.9 Å². The summed E-state index contributed by atoms with van der Waals surface area (Å²) in [6, 6.07) is 5.29. The van der Waals surface area contributed by atoms with E-state index in [1.165, 1.54) is 0 Å². The van der Waals surface area contributed by atoms with Crippen molar-refractivity contribution >= 4 is 41.5 Å². The highest BCUT2D eigenvalue weighted by Crippen LogP contribution is 2.27. The Morgan fingerprint density at radius 1 is 1.36 bits per heavy atom. The van der Waals surface area contributed by atoms with Crippen molar-refractivity contribution in [2.45, 2.75) is 31.7 Å². The Morgan fingerprint density at radius 2 is 2.14 bits per heavy atom. The molecule has 7 heteroatoms. The number of hydrogen-bond donors (Lipinski definition) is 2. The van der Waals surface area contributed by atoms with Crippen molar-refractivity contribution in [3.63, 3.8) is 0 Å². The monoisotopic (exact) mass is 366 g/mol. The largest absolute Gasteiger partial charge is 0.492 e. The van der Waals surface area contributed by atoms with Crippen LogP contribution < -0.4 is 15.8 Å². The molecule has 0 saturated heterocycles. The van der Waals surface area contributed by atoms with Gasteiger partial charge < -0.3 is 15.8 Å². The summed E-state index contributed by atoms with van der Waals surface area (Å²) in [4.78, 5) is 11.9. The molecule has 1 aromatic rings. The van der Waals surface area contributed by atoms with E-state index in [1.54, 1.807) is 18.2 Å². The number of carbonyl (C=O) groups is 1. The van der Waals surface area contributed by atoms with Gasteiger partial charge in [-0.25, -0.2) is 0 Å². The molecular formula is C15H21Cl3N2O2.